The first-order valence-electron chi connectivity index (χ1n) is 4.21. The maximum Gasteiger partial charge on any atom is 0.00702 e. The maximum absolute atomic E-state index is 3.65. The van der Waals surface area contributed by atoms with E-state index in [2.05, 4.69) is 5.32 Å². The van der Waals surface area contributed by atoms with Gasteiger partial charge >= 0.3 is 0 Å². The number of rotatable bonds is 0. The molecule has 0 spiro atoms. The molecule has 1 heteroatoms. The van der Waals surface area contributed by atoms with Gasteiger partial charge in [-0.25, -0.2) is 0 Å². The summed E-state index contributed by atoms with van der Waals surface area (Å²) in [5.41, 5.74) is 0. The Bertz CT molecular complexity index is 88.7. The van der Waals surface area contributed by atoms with Gasteiger partial charge in [-0.1, -0.05) is 12.8 Å². The van der Waals surface area contributed by atoms with Gasteiger partial charge in [0.2, 0.25) is 0 Å². The number of hydrogen-bond acceptors (Lipinski definition) is 1. The summed E-state index contributed by atoms with van der Waals surface area (Å²) in [6.07, 6.45) is 8.71. The molecule has 9 heavy (non-hydrogen) atoms. The molecule has 1 nitrogen and oxygen atoms in total. The Morgan fingerprint density at radius 3 is 1.89 bits per heavy atom. The molecule has 2 heterocycles. The third kappa shape index (κ3) is 1.11. The van der Waals surface area contributed by atoms with Crippen molar-refractivity contribution in [3.63, 3.8) is 0 Å². The molecule has 0 radical (unpaired) electrons. The van der Waals surface area contributed by atoms with Crippen LogP contribution < -0.4 is 5.32 Å². The predicted molar refractivity (Wildman–Crippen MR) is 38.4 cm³/mol. The summed E-state index contributed by atoms with van der Waals surface area (Å²) in [6.45, 7) is 0. The van der Waals surface area contributed by atoms with E-state index in [4.69, 9.17) is 0 Å². The van der Waals surface area contributed by atoms with Gasteiger partial charge in [-0.2, -0.15) is 0 Å². The Balaban J connectivity index is 1.99. The highest BCUT2D eigenvalue weighted by Crippen LogP contribution is 2.24. The van der Waals surface area contributed by atoms with E-state index in [1.165, 1.54) is 38.5 Å². The third-order valence-electron chi connectivity index (χ3n) is 2.69. The van der Waals surface area contributed by atoms with Crippen LogP contribution >= 0.6 is 0 Å². The van der Waals surface area contributed by atoms with E-state index >= 15 is 0 Å². The average Bonchev–Trinajstić information content (AvgIpc) is 2.09. The van der Waals surface area contributed by atoms with Crippen LogP contribution in [0.2, 0.25) is 0 Å². The molecule has 1 N–H and O–H groups in total. The fraction of sp³-hybridized carbons (Fsp3) is 1.00. The SMILES string of the molecule is C1CC[C@H]2CC[C@@H](C1)N2. The molecule has 0 aliphatic carbocycles. The minimum absolute atomic E-state index is 0.900. The Morgan fingerprint density at radius 1 is 0.778 bits per heavy atom. The normalized spacial score (nSPS) is 42.7. The van der Waals surface area contributed by atoms with Crippen LogP contribution in [-0.4, -0.2) is 12.1 Å². The summed E-state index contributed by atoms with van der Waals surface area (Å²) in [6, 6.07) is 1.80. The van der Waals surface area contributed by atoms with Crippen molar-refractivity contribution >= 4 is 0 Å². The second kappa shape index (κ2) is 2.30. The number of hydrogen-bond donors (Lipinski definition) is 1. The van der Waals surface area contributed by atoms with Crippen molar-refractivity contribution in [2.45, 2.75) is 50.6 Å². The zero-order chi connectivity index (χ0) is 6.10. The lowest BCUT2D eigenvalue weighted by atomic mass is 10.0. The van der Waals surface area contributed by atoms with Gasteiger partial charge in [0.05, 0.1) is 0 Å². The Morgan fingerprint density at radius 2 is 1.33 bits per heavy atom. The largest absolute Gasteiger partial charge is 0.311 e. The average molecular weight is 125 g/mol. The lowest BCUT2D eigenvalue weighted by molar-refractivity contribution is 0.547. The minimum Gasteiger partial charge on any atom is -0.311 e. The summed E-state index contributed by atoms with van der Waals surface area (Å²) in [5, 5.41) is 3.65. The highest BCUT2D eigenvalue weighted by atomic mass is 15.0. The molecule has 2 saturated heterocycles. The Labute approximate surface area is 56.8 Å². The van der Waals surface area contributed by atoms with E-state index in [0.29, 0.717) is 0 Å². The van der Waals surface area contributed by atoms with Gasteiger partial charge in [0.25, 0.3) is 0 Å². The lowest BCUT2D eigenvalue weighted by Crippen LogP contribution is -2.26. The van der Waals surface area contributed by atoms with E-state index < -0.39 is 0 Å². The summed E-state index contributed by atoms with van der Waals surface area (Å²) in [7, 11) is 0. The van der Waals surface area contributed by atoms with E-state index in [9.17, 15) is 0 Å². The zero-order valence-electron chi connectivity index (χ0n) is 5.90. The summed E-state index contributed by atoms with van der Waals surface area (Å²) in [4.78, 5) is 0. The van der Waals surface area contributed by atoms with Crippen molar-refractivity contribution in [2.24, 2.45) is 0 Å². The van der Waals surface area contributed by atoms with Gasteiger partial charge in [-0.05, 0) is 25.7 Å². The first kappa shape index (κ1) is 5.72. The highest BCUT2D eigenvalue weighted by Gasteiger charge is 2.25. The molecule has 0 aromatic carbocycles. The minimum atomic E-state index is 0.900. The summed E-state index contributed by atoms with van der Waals surface area (Å²) in [5.74, 6) is 0. The van der Waals surface area contributed by atoms with E-state index in [0.717, 1.165) is 12.1 Å². The fourth-order valence-corrected chi connectivity index (χ4v) is 2.14. The monoisotopic (exact) mass is 125 g/mol. The molecular formula is C8H15N. The van der Waals surface area contributed by atoms with Crippen LogP contribution in [0.15, 0.2) is 0 Å². The maximum atomic E-state index is 3.65. The first-order valence-corrected chi connectivity index (χ1v) is 4.21. The van der Waals surface area contributed by atoms with Crippen molar-refractivity contribution in [3.8, 4) is 0 Å². The molecule has 0 aromatic heterocycles. The van der Waals surface area contributed by atoms with Gasteiger partial charge < -0.3 is 5.32 Å². The van der Waals surface area contributed by atoms with Crippen LogP contribution in [-0.2, 0) is 0 Å². The van der Waals surface area contributed by atoms with Gasteiger partial charge in [0.15, 0.2) is 0 Å². The fourth-order valence-electron chi connectivity index (χ4n) is 2.14. The molecule has 52 valence electrons. The number of fused-ring (bicyclic) bond motifs is 2. The molecule has 2 bridgehead atoms. The van der Waals surface area contributed by atoms with Crippen LogP contribution in [0.25, 0.3) is 0 Å². The van der Waals surface area contributed by atoms with Gasteiger partial charge in [0, 0.05) is 12.1 Å². The van der Waals surface area contributed by atoms with Crippen molar-refractivity contribution in [1.29, 1.82) is 0 Å². The molecular weight excluding hydrogens is 110 g/mol. The van der Waals surface area contributed by atoms with Gasteiger partial charge in [-0.3, -0.25) is 0 Å². The van der Waals surface area contributed by atoms with Gasteiger partial charge in [0.1, 0.15) is 0 Å². The van der Waals surface area contributed by atoms with Crippen LogP contribution in [0.3, 0.4) is 0 Å². The topological polar surface area (TPSA) is 12.0 Å². The lowest BCUT2D eigenvalue weighted by Gasteiger charge is -2.06. The third-order valence-corrected chi connectivity index (χ3v) is 2.69. The molecule has 0 amide bonds. The molecule has 2 rings (SSSR count). The molecule has 2 atom stereocenters. The first-order chi connectivity index (χ1) is 4.45. The van der Waals surface area contributed by atoms with Crippen molar-refractivity contribution < 1.29 is 0 Å². The van der Waals surface area contributed by atoms with Crippen molar-refractivity contribution in [2.75, 3.05) is 0 Å². The molecule has 2 fully saturated rings. The van der Waals surface area contributed by atoms with Crippen molar-refractivity contribution in [3.05, 3.63) is 0 Å². The van der Waals surface area contributed by atoms with Crippen LogP contribution in [0, 0.1) is 0 Å². The smallest absolute Gasteiger partial charge is 0.00702 e. The summed E-state index contributed by atoms with van der Waals surface area (Å²) >= 11 is 0. The molecule has 2 aliphatic rings. The predicted octanol–water partition coefficient (Wildman–Crippen LogP) is 1.68. The Hall–Kier alpha value is -0.0400. The highest BCUT2D eigenvalue weighted by molar-refractivity contribution is 4.85. The molecule has 0 saturated carbocycles. The van der Waals surface area contributed by atoms with Crippen LogP contribution in [0.1, 0.15) is 38.5 Å². The van der Waals surface area contributed by atoms with Crippen LogP contribution in [0.4, 0.5) is 0 Å². The zero-order valence-corrected chi connectivity index (χ0v) is 5.90. The molecule has 2 aliphatic heterocycles. The van der Waals surface area contributed by atoms with Crippen molar-refractivity contribution in [1.82, 2.24) is 5.32 Å². The number of nitrogens with one attached hydrogen (secondary N) is 1. The molecule has 0 unspecified atom stereocenters. The molecule has 0 aromatic rings. The standard InChI is InChI=1S/C8H15N/c1-2-4-8-6-5-7(3-1)9-8/h7-9H,1-6H2/t7-,8+. The van der Waals surface area contributed by atoms with Gasteiger partial charge in [-0.15, -0.1) is 0 Å². The van der Waals surface area contributed by atoms with E-state index in [-0.39, 0.29) is 0 Å². The van der Waals surface area contributed by atoms with E-state index in [1.54, 1.807) is 0 Å². The van der Waals surface area contributed by atoms with E-state index in [1.807, 2.05) is 0 Å². The second-order valence-corrected chi connectivity index (χ2v) is 3.42. The quantitative estimate of drug-likeness (QED) is 0.519. The Kier molecular flexibility index (Phi) is 1.46. The second-order valence-electron chi connectivity index (χ2n) is 3.42. The summed E-state index contributed by atoms with van der Waals surface area (Å²) < 4.78 is 0. The van der Waals surface area contributed by atoms with Crippen LogP contribution in [0.5, 0.6) is 0 Å².